The molecule has 1 atom stereocenters. The van der Waals surface area contributed by atoms with E-state index in [0.29, 0.717) is 17.9 Å². The van der Waals surface area contributed by atoms with Gasteiger partial charge >= 0.3 is 12.1 Å². The van der Waals surface area contributed by atoms with Crippen LogP contribution in [-0.2, 0) is 33.1 Å². The lowest BCUT2D eigenvalue weighted by atomic mass is 9.95. The molecule has 7 heteroatoms. The van der Waals surface area contributed by atoms with Crippen LogP contribution in [0.4, 0.5) is 4.79 Å². The number of ether oxygens (including phenoxy) is 3. The quantitative estimate of drug-likeness (QED) is 0.461. The lowest BCUT2D eigenvalue weighted by molar-refractivity contribution is -0.156. The van der Waals surface area contributed by atoms with E-state index in [4.69, 9.17) is 14.2 Å². The maximum absolute atomic E-state index is 12.2. The first-order valence-electron chi connectivity index (χ1n) is 10.5. The number of benzene rings is 3. The summed E-state index contributed by atoms with van der Waals surface area (Å²) in [6.45, 7) is 3.28. The van der Waals surface area contributed by atoms with Gasteiger partial charge in [0, 0.05) is 12.5 Å². The predicted molar refractivity (Wildman–Crippen MR) is 123 cm³/mol. The van der Waals surface area contributed by atoms with E-state index >= 15 is 0 Å². The van der Waals surface area contributed by atoms with Crippen molar-refractivity contribution in [1.29, 1.82) is 0 Å². The fourth-order valence-electron chi connectivity index (χ4n) is 3.23. The molecule has 3 rings (SSSR count). The van der Waals surface area contributed by atoms with E-state index in [9.17, 15) is 14.7 Å². The molecule has 1 amide bonds. The van der Waals surface area contributed by atoms with Crippen LogP contribution in [0.25, 0.3) is 0 Å². The number of nitrogens with one attached hydrogen (secondary N) is 1. The fourth-order valence-corrected chi connectivity index (χ4v) is 3.23. The van der Waals surface area contributed by atoms with E-state index in [1.807, 2.05) is 60.7 Å². The minimum Gasteiger partial charge on any atom is -0.504 e. The van der Waals surface area contributed by atoms with Gasteiger partial charge in [0.1, 0.15) is 13.2 Å². The van der Waals surface area contributed by atoms with Crippen LogP contribution < -0.4 is 10.1 Å². The van der Waals surface area contributed by atoms with Crippen molar-refractivity contribution in [3.63, 3.8) is 0 Å². The molecule has 0 saturated carbocycles. The first-order valence-corrected chi connectivity index (χ1v) is 10.5. The first kappa shape index (κ1) is 23.7. The molecule has 7 nitrogen and oxygen atoms in total. The molecule has 0 spiro atoms. The zero-order chi connectivity index (χ0) is 23.7. The molecule has 1 unspecified atom stereocenters. The minimum atomic E-state index is -1.23. The minimum absolute atomic E-state index is 0.0517. The molecule has 3 aromatic carbocycles. The average molecular weight is 450 g/mol. The number of rotatable bonds is 9. The van der Waals surface area contributed by atoms with Gasteiger partial charge in [0.25, 0.3) is 0 Å². The molecule has 0 bridgehead atoms. The summed E-state index contributed by atoms with van der Waals surface area (Å²) in [6.07, 6.45) is -0.649. The number of hydrogen-bond donors (Lipinski definition) is 2. The SMILES string of the molecule is CC(=O)OC(C)(CNC(=O)OCc1ccccc1)c1ccc(OCc2ccccc2)c(O)c1. The third-order valence-electron chi connectivity index (χ3n) is 4.96. The Morgan fingerprint density at radius 3 is 2.09 bits per heavy atom. The highest BCUT2D eigenvalue weighted by molar-refractivity contribution is 5.68. The molecular weight excluding hydrogens is 422 g/mol. The number of hydrogen-bond acceptors (Lipinski definition) is 6. The average Bonchev–Trinajstić information content (AvgIpc) is 2.81. The smallest absolute Gasteiger partial charge is 0.407 e. The Labute approximate surface area is 192 Å². The lowest BCUT2D eigenvalue weighted by Gasteiger charge is -2.30. The molecular formula is C26H27NO6. The molecule has 0 heterocycles. The van der Waals surface area contributed by atoms with E-state index in [1.165, 1.54) is 13.0 Å². The van der Waals surface area contributed by atoms with Crippen LogP contribution >= 0.6 is 0 Å². The first-order chi connectivity index (χ1) is 15.9. The van der Waals surface area contributed by atoms with Gasteiger partial charge in [-0.15, -0.1) is 0 Å². The van der Waals surface area contributed by atoms with Crippen molar-refractivity contribution in [3.05, 3.63) is 95.6 Å². The van der Waals surface area contributed by atoms with E-state index in [0.717, 1.165) is 11.1 Å². The Morgan fingerprint density at radius 2 is 1.52 bits per heavy atom. The van der Waals surface area contributed by atoms with Crippen LogP contribution in [-0.4, -0.2) is 23.7 Å². The van der Waals surface area contributed by atoms with Crippen molar-refractivity contribution in [1.82, 2.24) is 5.32 Å². The van der Waals surface area contributed by atoms with Gasteiger partial charge in [-0.2, -0.15) is 0 Å². The molecule has 172 valence electrons. The Morgan fingerprint density at radius 1 is 0.909 bits per heavy atom. The molecule has 0 aliphatic heterocycles. The van der Waals surface area contributed by atoms with Gasteiger partial charge in [-0.3, -0.25) is 4.79 Å². The predicted octanol–water partition coefficient (Wildman–Crippen LogP) is 4.68. The van der Waals surface area contributed by atoms with Gasteiger partial charge in [-0.05, 0) is 30.2 Å². The summed E-state index contributed by atoms with van der Waals surface area (Å²) in [5, 5.41) is 13.1. The number of carbonyl (C=O) groups is 2. The van der Waals surface area contributed by atoms with Crippen molar-refractivity contribution in [2.45, 2.75) is 32.7 Å². The molecule has 0 radical (unpaired) electrons. The number of phenolic OH excluding ortho intramolecular Hbond substituents is 1. The van der Waals surface area contributed by atoms with E-state index in [-0.39, 0.29) is 18.9 Å². The molecule has 3 aromatic rings. The second-order valence-corrected chi connectivity index (χ2v) is 7.70. The van der Waals surface area contributed by atoms with Crippen LogP contribution in [0.1, 0.15) is 30.5 Å². The maximum Gasteiger partial charge on any atom is 0.407 e. The molecule has 33 heavy (non-hydrogen) atoms. The highest BCUT2D eigenvalue weighted by atomic mass is 16.6. The summed E-state index contributed by atoms with van der Waals surface area (Å²) in [4.78, 5) is 23.9. The summed E-state index contributed by atoms with van der Waals surface area (Å²) in [7, 11) is 0. The van der Waals surface area contributed by atoms with Crippen LogP contribution in [0.5, 0.6) is 11.5 Å². The van der Waals surface area contributed by atoms with Gasteiger partial charge < -0.3 is 24.6 Å². The zero-order valence-corrected chi connectivity index (χ0v) is 18.6. The number of aromatic hydroxyl groups is 1. The number of esters is 1. The van der Waals surface area contributed by atoms with E-state index in [1.54, 1.807) is 19.1 Å². The van der Waals surface area contributed by atoms with Gasteiger partial charge in [-0.25, -0.2) is 4.79 Å². The normalized spacial score (nSPS) is 12.3. The monoisotopic (exact) mass is 449 g/mol. The van der Waals surface area contributed by atoms with Crippen LogP contribution in [0.15, 0.2) is 78.9 Å². The van der Waals surface area contributed by atoms with Crippen molar-refractivity contribution in [2.24, 2.45) is 0 Å². The van der Waals surface area contributed by atoms with Crippen molar-refractivity contribution in [2.75, 3.05) is 6.54 Å². The van der Waals surface area contributed by atoms with Gasteiger partial charge in [-0.1, -0.05) is 66.7 Å². The van der Waals surface area contributed by atoms with Crippen molar-refractivity contribution >= 4 is 12.1 Å². The third kappa shape index (κ3) is 7.00. The van der Waals surface area contributed by atoms with Gasteiger partial charge in [0.2, 0.25) is 0 Å². The molecule has 0 saturated heterocycles. The fraction of sp³-hybridized carbons (Fsp3) is 0.231. The van der Waals surface area contributed by atoms with E-state index in [2.05, 4.69) is 5.32 Å². The number of carbonyl (C=O) groups excluding carboxylic acids is 2. The molecule has 0 fully saturated rings. The largest absolute Gasteiger partial charge is 0.504 e. The second-order valence-electron chi connectivity index (χ2n) is 7.70. The summed E-state index contributed by atoms with van der Waals surface area (Å²) in [6, 6.07) is 23.6. The molecule has 0 aliphatic rings. The summed E-state index contributed by atoms with van der Waals surface area (Å²) in [5.41, 5.74) is 1.08. The van der Waals surface area contributed by atoms with E-state index < -0.39 is 17.7 Å². The topological polar surface area (TPSA) is 94.1 Å². The Balaban J connectivity index is 1.65. The summed E-state index contributed by atoms with van der Waals surface area (Å²) in [5.74, 6) is -0.336. The Bertz CT molecular complexity index is 1070. The van der Waals surface area contributed by atoms with Gasteiger partial charge in [0.15, 0.2) is 17.1 Å². The Hall–Kier alpha value is -4.00. The lowest BCUT2D eigenvalue weighted by Crippen LogP contribution is -2.41. The second kappa shape index (κ2) is 11.0. The van der Waals surface area contributed by atoms with Crippen molar-refractivity contribution < 1.29 is 28.9 Å². The molecule has 0 aromatic heterocycles. The van der Waals surface area contributed by atoms with Crippen molar-refractivity contribution in [3.8, 4) is 11.5 Å². The number of phenols is 1. The summed E-state index contributed by atoms with van der Waals surface area (Å²) < 4.78 is 16.4. The highest BCUT2D eigenvalue weighted by Gasteiger charge is 2.32. The molecule has 2 N–H and O–H groups in total. The maximum atomic E-state index is 12.2. The molecule has 0 aliphatic carbocycles. The third-order valence-corrected chi connectivity index (χ3v) is 4.96. The summed E-state index contributed by atoms with van der Waals surface area (Å²) >= 11 is 0. The number of alkyl carbamates (subject to hydrolysis) is 1. The Kier molecular flexibility index (Phi) is 7.91. The van der Waals surface area contributed by atoms with Crippen LogP contribution in [0.3, 0.4) is 0 Å². The van der Waals surface area contributed by atoms with Crippen LogP contribution in [0, 0.1) is 0 Å². The zero-order valence-electron chi connectivity index (χ0n) is 18.6. The highest BCUT2D eigenvalue weighted by Crippen LogP contribution is 2.34. The number of amides is 1. The van der Waals surface area contributed by atoms with Gasteiger partial charge in [0.05, 0.1) is 6.54 Å². The standard InChI is InChI=1S/C26H27NO6/c1-19(28)33-26(2,18-27-25(30)32-17-21-11-7-4-8-12-21)22-13-14-24(23(29)15-22)31-16-20-9-5-3-6-10-20/h3-15,29H,16-18H2,1-2H3,(H,27,30). The van der Waals surface area contributed by atoms with Crippen LogP contribution in [0.2, 0.25) is 0 Å².